The number of nitrogens with two attached hydrogens (primary N) is 1. The van der Waals surface area contributed by atoms with Crippen molar-refractivity contribution in [2.45, 2.75) is 31.7 Å². The molecule has 1 fully saturated rings. The third-order valence-corrected chi connectivity index (χ3v) is 3.24. The molecule has 0 aromatic carbocycles. The number of ether oxygens (including phenoxy) is 1. The molecule has 1 aliphatic heterocycles. The standard InChI is InChI=1S/C13H18N4O4/c1-2-3-10(18)15-7-9-8(14)6-12(21-9)17-5-4-11(19)16-13(17)20/h2-5,8-9,12H,6-7,14H2,1H3,(H,15,18)(H,16,19,20)/b3-2+/t8-,9+,12+/m0/s1. The topological polar surface area (TPSA) is 119 Å². The Hall–Kier alpha value is -2.19. The number of aromatic nitrogens is 2. The van der Waals surface area contributed by atoms with E-state index in [2.05, 4.69) is 10.3 Å². The second kappa shape index (κ2) is 6.51. The highest BCUT2D eigenvalue weighted by Crippen LogP contribution is 2.25. The maximum Gasteiger partial charge on any atom is 0.330 e. The molecule has 0 bridgehead atoms. The molecular formula is C13H18N4O4. The Morgan fingerprint density at radius 3 is 3.05 bits per heavy atom. The number of carbonyl (C=O) groups excluding carboxylic acids is 1. The molecule has 21 heavy (non-hydrogen) atoms. The lowest BCUT2D eigenvalue weighted by Crippen LogP contribution is -2.40. The molecule has 1 saturated heterocycles. The fraction of sp³-hybridized carbons (Fsp3) is 0.462. The zero-order valence-electron chi connectivity index (χ0n) is 11.6. The van der Waals surface area contributed by atoms with Gasteiger partial charge < -0.3 is 15.8 Å². The van der Waals surface area contributed by atoms with E-state index in [1.807, 2.05) is 0 Å². The SMILES string of the molecule is C/C=C/C(=O)NC[C@H]1O[C@@H](n2ccc(=O)[nH]c2=O)C[C@@H]1N. The summed E-state index contributed by atoms with van der Waals surface area (Å²) in [6, 6.07) is 0.942. The molecular weight excluding hydrogens is 276 g/mol. The minimum absolute atomic E-state index is 0.224. The van der Waals surface area contributed by atoms with Gasteiger partial charge in [0.1, 0.15) is 6.23 Å². The molecule has 2 heterocycles. The second-order valence-corrected chi connectivity index (χ2v) is 4.79. The van der Waals surface area contributed by atoms with Crippen LogP contribution in [0.15, 0.2) is 34.0 Å². The predicted octanol–water partition coefficient (Wildman–Crippen LogP) is -1.16. The van der Waals surface area contributed by atoms with E-state index in [1.165, 1.54) is 22.9 Å². The minimum atomic E-state index is -0.548. The van der Waals surface area contributed by atoms with Crippen molar-refractivity contribution in [3.63, 3.8) is 0 Å². The van der Waals surface area contributed by atoms with Crippen LogP contribution < -0.4 is 22.3 Å². The number of allylic oxidation sites excluding steroid dienone is 1. The van der Waals surface area contributed by atoms with Gasteiger partial charge in [0.15, 0.2) is 0 Å². The molecule has 3 atom stereocenters. The minimum Gasteiger partial charge on any atom is -0.351 e. The molecule has 0 radical (unpaired) electrons. The van der Waals surface area contributed by atoms with Crippen molar-refractivity contribution in [1.82, 2.24) is 14.9 Å². The van der Waals surface area contributed by atoms with Crippen LogP contribution in [0.2, 0.25) is 0 Å². The van der Waals surface area contributed by atoms with Crippen molar-refractivity contribution >= 4 is 5.91 Å². The van der Waals surface area contributed by atoms with Crippen LogP contribution in [0.3, 0.4) is 0 Å². The average molecular weight is 294 g/mol. The fourth-order valence-electron chi connectivity index (χ4n) is 2.19. The molecule has 0 unspecified atom stereocenters. The lowest BCUT2D eigenvalue weighted by Gasteiger charge is -2.16. The molecule has 0 aliphatic carbocycles. The first-order chi connectivity index (χ1) is 10.0. The van der Waals surface area contributed by atoms with Gasteiger partial charge in [0.25, 0.3) is 5.56 Å². The van der Waals surface area contributed by atoms with E-state index >= 15 is 0 Å². The molecule has 1 aromatic heterocycles. The van der Waals surface area contributed by atoms with Gasteiger partial charge >= 0.3 is 5.69 Å². The molecule has 1 aromatic rings. The highest BCUT2D eigenvalue weighted by molar-refractivity contribution is 5.87. The summed E-state index contributed by atoms with van der Waals surface area (Å²) in [6.45, 7) is 2.01. The summed E-state index contributed by atoms with van der Waals surface area (Å²) in [4.78, 5) is 36.3. The third-order valence-electron chi connectivity index (χ3n) is 3.24. The Bertz CT molecular complexity index is 648. The van der Waals surface area contributed by atoms with E-state index < -0.39 is 17.5 Å². The van der Waals surface area contributed by atoms with Crippen LogP contribution in [-0.2, 0) is 9.53 Å². The van der Waals surface area contributed by atoms with Gasteiger partial charge in [-0.2, -0.15) is 0 Å². The molecule has 2 rings (SSSR count). The number of H-pyrrole nitrogens is 1. The Morgan fingerprint density at radius 2 is 2.38 bits per heavy atom. The van der Waals surface area contributed by atoms with Crippen LogP contribution in [0, 0.1) is 0 Å². The maximum atomic E-state index is 11.7. The summed E-state index contributed by atoms with van der Waals surface area (Å²) >= 11 is 0. The van der Waals surface area contributed by atoms with Gasteiger partial charge in [0.2, 0.25) is 5.91 Å². The van der Waals surface area contributed by atoms with Gasteiger partial charge in [-0.15, -0.1) is 0 Å². The van der Waals surface area contributed by atoms with Crippen molar-refractivity contribution in [2.24, 2.45) is 5.73 Å². The van der Waals surface area contributed by atoms with E-state index in [-0.39, 0.29) is 24.6 Å². The normalized spacial score (nSPS) is 25.3. The molecule has 114 valence electrons. The first kappa shape index (κ1) is 15.2. The van der Waals surface area contributed by atoms with Gasteiger partial charge in [0, 0.05) is 31.3 Å². The maximum absolute atomic E-state index is 11.7. The van der Waals surface area contributed by atoms with Gasteiger partial charge in [0.05, 0.1) is 6.10 Å². The smallest absolute Gasteiger partial charge is 0.330 e. The number of nitrogens with zero attached hydrogens (tertiary/aromatic N) is 1. The number of rotatable bonds is 4. The molecule has 0 saturated carbocycles. The molecule has 0 spiro atoms. The highest BCUT2D eigenvalue weighted by atomic mass is 16.5. The van der Waals surface area contributed by atoms with Crippen LogP contribution in [0.25, 0.3) is 0 Å². The molecule has 1 aliphatic rings. The van der Waals surface area contributed by atoms with E-state index in [9.17, 15) is 14.4 Å². The van der Waals surface area contributed by atoms with Gasteiger partial charge in [-0.1, -0.05) is 6.08 Å². The average Bonchev–Trinajstić information content (AvgIpc) is 2.78. The van der Waals surface area contributed by atoms with Crippen molar-refractivity contribution in [3.05, 3.63) is 45.3 Å². The third kappa shape index (κ3) is 3.67. The molecule has 8 nitrogen and oxygen atoms in total. The zero-order chi connectivity index (χ0) is 15.4. The fourth-order valence-corrected chi connectivity index (χ4v) is 2.19. The Morgan fingerprint density at radius 1 is 1.62 bits per heavy atom. The summed E-state index contributed by atoms with van der Waals surface area (Å²) in [5.74, 6) is -0.224. The van der Waals surface area contributed by atoms with Gasteiger partial charge in [-0.3, -0.25) is 19.1 Å². The van der Waals surface area contributed by atoms with Crippen LogP contribution >= 0.6 is 0 Å². The largest absolute Gasteiger partial charge is 0.351 e. The molecule has 4 N–H and O–H groups in total. The zero-order valence-corrected chi connectivity index (χ0v) is 11.6. The van der Waals surface area contributed by atoms with Crippen molar-refractivity contribution in [3.8, 4) is 0 Å². The van der Waals surface area contributed by atoms with E-state index in [0.717, 1.165) is 0 Å². The van der Waals surface area contributed by atoms with Crippen LogP contribution in [0.4, 0.5) is 0 Å². The first-order valence-electron chi connectivity index (χ1n) is 6.64. The van der Waals surface area contributed by atoms with Crippen LogP contribution in [-0.4, -0.2) is 34.1 Å². The van der Waals surface area contributed by atoms with Crippen LogP contribution in [0.5, 0.6) is 0 Å². The van der Waals surface area contributed by atoms with E-state index in [0.29, 0.717) is 6.42 Å². The lowest BCUT2D eigenvalue weighted by atomic mass is 10.1. The van der Waals surface area contributed by atoms with Crippen molar-refractivity contribution < 1.29 is 9.53 Å². The van der Waals surface area contributed by atoms with Crippen molar-refractivity contribution in [1.29, 1.82) is 0 Å². The summed E-state index contributed by atoms with van der Waals surface area (Å²) in [7, 11) is 0. The van der Waals surface area contributed by atoms with Crippen molar-refractivity contribution in [2.75, 3.05) is 6.54 Å². The quantitative estimate of drug-likeness (QED) is 0.605. The number of amides is 1. The highest BCUT2D eigenvalue weighted by Gasteiger charge is 2.34. The Balaban J connectivity index is 2.02. The predicted molar refractivity (Wildman–Crippen MR) is 75.6 cm³/mol. The molecule has 8 heteroatoms. The Kier molecular flexibility index (Phi) is 4.71. The first-order valence-corrected chi connectivity index (χ1v) is 6.64. The van der Waals surface area contributed by atoms with Gasteiger partial charge in [-0.25, -0.2) is 4.79 Å². The van der Waals surface area contributed by atoms with Gasteiger partial charge in [-0.05, 0) is 13.0 Å². The monoisotopic (exact) mass is 294 g/mol. The van der Waals surface area contributed by atoms with E-state index in [1.54, 1.807) is 13.0 Å². The Labute approximate surface area is 120 Å². The number of aromatic amines is 1. The molecule has 1 amide bonds. The number of nitrogens with one attached hydrogen (secondary N) is 2. The number of carbonyl (C=O) groups is 1. The summed E-state index contributed by atoms with van der Waals surface area (Å²) in [5, 5.41) is 2.68. The summed E-state index contributed by atoms with van der Waals surface area (Å²) in [5.41, 5.74) is 4.96. The summed E-state index contributed by atoms with van der Waals surface area (Å²) < 4.78 is 6.97. The second-order valence-electron chi connectivity index (χ2n) is 4.79. The van der Waals surface area contributed by atoms with Crippen LogP contribution in [0.1, 0.15) is 19.6 Å². The van der Waals surface area contributed by atoms with E-state index in [4.69, 9.17) is 10.5 Å². The number of hydrogen-bond donors (Lipinski definition) is 3. The lowest BCUT2D eigenvalue weighted by molar-refractivity contribution is -0.117. The summed E-state index contributed by atoms with van der Waals surface area (Å²) in [6.07, 6.45) is 3.91. The number of hydrogen-bond acceptors (Lipinski definition) is 5.